The molecule has 0 aromatic carbocycles. The third-order valence-electron chi connectivity index (χ3n) is 1.23. The van der Waals surface area contributed by atoms with E-state index in [1.54, 1.807) is 0 Å². The summed E-state index contributed by atoms with van der Waals surface area (Å²) in [5, 5.41) is 8.49. The molecule has 0 saturated heterocycles. The third-order valence-corrected chi connectivity index (χ3v) is 1.23. The number of pyridine rings is 1. The maximum atomic E-state index is 10.7. The summed E-state index contributed by atoms with van der Waals surface area (Å²) in [6.45, 7) is 0. The molecule has 4 heteroatoms. The molecule has 0 radical (unpaired) electrons. The lowest BCUT2D eigenvalue weighted by Crippen LogP contribution is -2.04. The standard InChI is InChI=1S/C7H6N2O2/c1-11-6-4-9-7(10)2-5(6)3-8/h2,4H,1H3,(H,9,10). The first-order chi connectivity index (χ1) is 5.27. The third kappa shape index (κ3) is 1.38. The Balaban J connectivity index is 3.30. The van der Waals surface area contributed by atoms with Crippen LogP contribution in [0.1, 0.15) is 5.56 Å². The first-order valence-electron chi connectivity index (χ1n) is 2.94. The van der Waals surface area contributed by atoms with Crippen molar-refractivity contribution in [3.63, 3.8) is 0 Å². The van der Waals surface area contributed by atoms with Gasteiger partial charge in [-0.15, -0.1) is 0 Å². The van der Waals surface area contributed by atoms with E-state index in [0.29, 0.717) is 5.75 Å². The van der Waals surface area contributed by atoms with Crippen LogP contribution in [0, 0.1) is 11.3 Å². The van der Waals surface area contributed by atoms with E-state index in [4.69, 9.17) is 10.00 Å². The molecule has 1 aromatic heterocycles. The summed E-state index contributed by atoms with van der Waals surface area (Å²) in [5.41, 5.74) is -0.0569. The zero-order valence-corrected chi connectivity index (χ0v) is 5.92. The molecule has 11 heavy (non-hydrogen) atoms. The molecule has 0 amide bonds. The van der Waals surface area contributed by atoms with Crippen molar-refractivity contribution < 1.29 is 4.74 Å². The Bertz CT molecular complexity index is 348. The van der Waals surface area contributed by atoms with Crippen molar-refractivity contribution in [3.05, 3.63) is 28.2 Å². The van der Waals surface area contributed by atoms with Gasteiger partial charge in [-0.05, 0) is 0 Å². The lowest BCUT2D eigenvalue weighted by atomic mass is 10.3. The van der Waals surface area contributed by atoms with Gasteiger partial charge in [0.1, 0.15) is 11.6 Å². The lowest BCUT2D eigenvalue weighted by Gasteiger charge is -1.98. The highest BCUT2D eigenvalue weighted by Gasteiger charge is 2.00. The zero-order valence-electron chi connectivity index (χ0n) is 5.92. The topological polar surface area (TPSA) is 65.9 Å². The summed E-state index contributed by atoms with van der Waals surface area (Å²) < 4.78 is 4.80. The second kappa shape index (κ2) is 2.88. The van der Waals surface area contributed by atoms with Gasteiger partial charge in [-0.1, -0.05) is 0 Å². The molecule has 4 nitrogen and oxygen atoms in total. The van der Waals surface area contributed by atoms with Crippen LogP contribution < -0.4 is 10.3 Å². The summed E-state index contributed by atoms with van der Waals surface area (Å²) in [4.78, 5) is 13.0. The first kappa shape index (κ1) is 7.35. The van der Waals surface area contributed by atoms with E-state index in [2.05, 4.69) is 4.98 Å². The Kier molecular flexibility index (Phi) is 1.93. The van der Waals surface area contributed by atoms with Gasteiger partial charge in [-0.2, -0.15) is 5.26 Å². The Morgan fingerprint density at radius 3 is 3.00 bits per heavy atom. The molecule has 0 aliphatic rings. The van der Waals surface area contributed by atoms with E-state index in [9.17, 15) is 4.79 Å². The van der Waals surface area contributed by atoms with Crippen LogP contribution >= 0.6 is 0 Å². The molecule has 0 aliphatic carbocycles. The first-order valence-corrected chi connectivity index (χ1v) is 2.94. The van der Waals surface area contributed by atoms with Gasteiger partial charge in [-0.25, -0.2) is 0 Å². The van der Waals surface area contributed by atoms with Crippen molar-refractivity contribution in [2.75, 3.05) is 7.11 Å². The van der Waals surface area contributed by atoms with E-state index in [1.807, 2.05) is 6.07 Å². The number of hydrogen-bond donors (Lipinski definition) is 1. The zero-order chi connectivity index (χ0) is 8.27. The van der Waals surface area contributed by atoms with Gasteiger partial charge >= 0.3 is 0 Å². The SMILES string of the molecule is COc1c[nH]c(=O)cc1C#N. The van der Waals surface area contributed by atoms with Crippen molar-refractivity contribution in [2.45, 2.75) is 0 Å². The smallest absolute Gasteiger partial charge is 0.249 e. The second-order valence-electron chi connectivity index (χ2n) is 1.89. The minimum absolute atomic E-state index is 0.247. The molecular weight excluding hydrogens is 144 g/mol. The molecule has 0 atom stereocenters. The van der Waals surface area contributed by atoms with Gasteiger partial charge in [0.05, 0.1) is 7.11 Å². The fourth-order valence-electron chi connectivity index (χ4n) is 0.715. The highest BCUT2D eigenvalue weighted by atomic mass is 16.5. The second-order valence-corrected chi connectivity index (χ2v) is 1.89. The normalized spacial score (nSPS) is 8.73. The van der Waals surface area contributed by atoms with Gasteiger partial charge in [0.2, 0.25) is 5.56 Å². The minimum atomic E-state index is -0.303. The number of aromatic nitrogens is 1. The molecular formula is C7H6N2O2. The van der Waals surface area contributed by atoms with Crippen LogP contribution in [0.4, 0.5) is 0 Å². The van der Waals surface area contributed by atoms with E-state index in [0.717, 1.165) is 0 Å². The summed E-state index contributed by atoms with van der Waals surface area (Å²) in [6.07, 6.45) is 1.36. The number of nitrogens with zero attached hydrogens (tertiary/aromatic N) is 1. The number of ether oxygens (including phenoxy) is 1. The van der Waals surface area contributed by atoms with E-state index in [-0.39, 0.29) is 11.1 Å². The molecule has 0 bridgehead atoms. The van der Waals surface area contributed by atoms with Crippen LogP contribution in [-0.4, -0.2) is 12.1 Å². The predicted octanol–water partition coefficient (Wildman–Crippen LogP) is 0.255. The summed E-state index contributed by atoms with van der Waals surface area (Å²) in [7, 11) is 1.44. The number of rotatable bonds is 1. The number of H-pyrrole nitrogens is 1. The van der Waals surface area contributed by atoms with Crippen LogP contribution in [0.5, 0.6) is 5.75 Å². The van der Waals surface area contributed by atoms with Crippen molar-refractivity contribution >= 4 is 0 Å². The van der Waals surface area contributed by atoms with Crippen molar-refractivity contribution in [1.29, 1.82) is 5.26 Å². The number of nitriles is 1. The van der Waals surface area contributed by atoms with E-state index >= 15 is 0 Å². The summed E-state index contributed by atoms with van der Waals surface area (Å²) in [6, 6.07) is 3.04. The predicted molar refractivity (Wildman–Crippen MR) is 38.3 cm³/mol. The van der Waals surface area contributed by atoms with Gasteiger partial charge < -0.3 is 9.72 Å². The average Bonchev–Trinajstić information content (AvgIpc) is 2.04. The fourth-order valence-corrected chi connectivity index (χ4v) is 0.715. The number of nitrogens with one attached hydrogen (secondary N) is 1. The van der Waals surface area contributed by atoms with Gasteiger partial charge in [0, 0.05) is 12.3 Å². The maximum absolute atomic E-state index is 10.7. The minimum Gasteiger partial charge on any atom is -0.494 e. The largest absolute Gasteiger partial charge is 0.494 e. The fraction of sp³-hybridized carbons (Fsp3) is 0.143. The molecule has 1 N–H and O–H groups in total. The Labute approximate surface area is 63.0 Å². The molecule has 1 aromatic rings. The molecule has 0 unspecified atom stereocenters. The molecule has 56 valence electrons. The Morgan fingerprint density at radius 2 is 2.45 bits per heavy atom. The Morgan fingerprint density at radius 1 is 1.73 bits per heavy atom. The highest BCUT2D eigenvalue weighted by molar-refractivity contribution is 5.39. The summed E-state index contributed by atoms with van der Waals surface area (Å²) >= 11 is 0. The number of hydrogen-bond acceptors (Lipinski definition) is 3. The van der Waals surface area contributed by atoms with Crippen molar-refractivity contribution in [1.82, 2.24) is 4.98 Å². The molecule has 1 rings (SSSR count). The van der Waals surface area contributed by atoms with Gasteiger partial charge in [-0.3, -0.25) is 4.79 Å². The quantitative estimate of drug-likeness (QED) is 0.624. The maximum Gasteiger partial charge on any atom is 0.249 e. The highest BCUT2D eigenvalue weighted by Crippen LogP contribution is 2.11. The average molecular weight is 150 g/mol. The number of aromatic amines is 1. The van der Waals surface area contributed by atoms with Crippen LogP contribution in [0.25, 0.3) is 0 Å². The summed E-state index contributed by atoms with van der Waals surface area (Å²) in [5.74, 6) is 0.382. The van der Waals surface area contributed by atoms with Gasteiger partial charge in [0.25, 0.3) is 0 Å². The van der Waals surface area contributed by atoms with Crippen LogP contribution in [0.3, 0.4) is 0 Å². The van der Waals surface area contributed by atoms with E-state index < -0.39 is 0 Å². The number of methoxy groups -OCH3 is 1. The van der Waals surface area contributed by atoms with Gasteiger partial charge in [0.15, 0.2) is 5.75 Å². The molecule has 0 fully saturated rings. The molecule has 0 saturated carbocycles. The molecule has 1 heterocycles. The molecule has 0 spiro atoms. The lowest BCUT2D eigenvalue weighted by molar-refractivity contribution is 0.411. The van der Waals surface area contributed by atoms with Crippen LogP contribution in [-0.2, 0) is 0 Å². The van der Waals surface area contributed by atoms with Crippen molar-refractivity contribution in [2.24, 2.45) is 0 Å². The van der Waals surface area contributed by atoms with Crippen molar-refractivity contribution in [3.8, 4) is 11.8 Å². The monoisotopic (exact) mass is 150 g/mol. The Hall–Kier alpha value is -1.76. The van der Waals surface area contributed by atoms with Crippen LogP contribution in [0.2, 0.25) is 0 Å². The van der Waals surface area contributed by atoms with E-state index in [1.165, 1.54) is 19.4 Å². The van der Waals surface area contributed by atoms with Crippen LogP contribution in [0.15, 0.2) is 17.1 Å². The molecule has 0 aliphatic heterocycles.